The van der Waals surface area contributed by atoms with Crippen molar-refractivity contribution in [3.05, 3.63) is 68.7 Å². The fourth-order valence-electron chi connectivity index (χ4n) is 1.68. The molecule has 9 heteroatoms. The molecule has 2 amide bonds. The Balaban J connectivity index is 1.79. The number of non-ortho nitro benzene ring substituents is 1. The molecule has 0 aliphatic carbocycles. The number of ether oxygens (including phenoxy) is 1. The van der Waals surface area contributed by atoms with Crippen molar-refractivity contribution < 1.29 is 19.2 Å². The van der Waals surface area contributed by atoms with Crippen LogP contribution in [0.15, 0.2) is 53.0 Å². The predicted molar refractivity (Wildman–Crippen MR) is 88.3 cm³/mol. The second-order valence-electron chi connectivity index (χ2n) is 4.55. The van der Waals surface area contributed by atoms with Gasteiger partial charge in [0.1, 0.15) is 5.75 Å². The molecule has 0 unspecified atom stereocenters. The Bertz CT molecular complexity index is 764. The number of hydrazine groups is 1. The largest absolute Gasteiger partial charge is 0.484 e. The Morgan fingerprint density at radius 3 is 2.46 bits per heavy atom. The summed E-state index contributed by atoms with van der Waals surface area (Å²) < 4.78 is 5.91. The standard InChI is InChI=1S/C15H12BrN3O5/c16-11-3-1-2-10(8-11)15(21)18-17-14(20)9-24-13-6-4-12(5-7-13)19(22)23/h1-8H,9H2,(H,17,20)(H,18,21). The van der Waals surface area contributed by atoms with Crippen molar-refractivity contribution in [2.45, 2.75) is 0 Å². The summed E-state index contributed by atoms with van der Waals surface area (Å²) in [6, 6.07) is 12.0. The van der Waals surface area contributed by atoms with Crippen molar-refractivity contribution in [3.8, 4) is 5.75 Å². The molecule has 0 aromatic heterocycles. The Kier molecular flexibility index (Phi) is 5.85. The van der Waals surface area contributed by atoms with E-state index in [2.05, 4.69) is 26.8 Å². The van der Waals surface area contributed by atoms with Crippen molar-refractivity contribution in [1.82, 2.24) is 10.9 Å². The van der Waals surface area contributed by atoms with E-state index in [1.807, 2.05) is 0 Å². The Hall–Kier alpha value is -2.94. The number of nitrogens with zero attached hydrogens (tertiary/aromatic N) is 1. The van der Waals surface area contributed by atoms with Gasteiger partial charge in [-0.05, 0) is 30.3 Å². The second kappa shape index (κ2) is 8.06. The van der Waals surface area contributed by atoms with Crippen LogP contribution < -0.4 is 15.6 Å². The van der Waals surface area contributed by atoms with E-state index in [0.717, 1.165) is 4.47 Å². The summed E-state index contributed by atoms with van der Waals surface area (Å²) >= 11 is 3.25. The average Bonchev–Trinajstić information content (AvgIpc) is 2.58. The van der Waals surface area contributed by atoms with Crippen molar-refractivity contribution in [1.29, 1.82) is 0 Å². The number of nitro benzene ring substituents is 1. The number of halogens is 1. The highest BCUT2D eigenvalue weighted by Gasteiger charge is 2.09. The first-order chi connectivity index (χ1) is 11.5. The minimum atomic E-state index is -0.573. The zero-order valence-corrected chi connectivity index (χ0v) is 13.8. The lowest BCUT2D eigenvalue weighted by molar-refractivity contribution is -0.384. The Morgan fingerprint density at radius 2 is 1.83 bits per heavy atom. The first-order valence-electron chi connectivity index (χ1n) is 6.68. The molecule has 2 aromatic carbocycles. The van der Waals surface area contributed by atoms with E-state index >= 15 is 0 Å². The zero-order chi connectivity index (χ0) is 17.5. The number of benzene rings is 2. The molecule has 0 atom stereocenters. The summed E-state index contributed by atoms with van der Waals surface area (Å²) in [5.41, 5.74) is 4.77. The number of rotatable bonds is 5. The van der Waals surface area contributed by atoms with E-state index in [1.165, 1.54) is 24.3 Å². The number of nitro groups is 1. The maximum Gasteiger partial charge on any atom is 0.276 e. The summed E-state index contributed by atoms with van der Waals surface area (Å²) in [5.74, 6) is -0.745. The zero-order valence-electron chi connectivity index (χ0n) is 12.2. The monoisotopic (exact) mass is 393 g/mol. The first-order valence-corrected chi connectivity index (χ1v) is 7.47. The van der Waals surface area contributed by atoms with Crippen LogP contribution in [0.3, 0.4) is 0 Å². The van der Waals surface area contributed by atoms with Crippen LogP contribution in [-0.2, 0) is 4.79 Å². The van der Waals surface area contributed by atoms with E-state index in [4.69, 9.17) is 4.74 Å². The fourth-order valence-corrected chi connectivity index (χ4v) is 2.08. The van der Waals surface area contributed by atoms with E-state index in [9.17, 15) is 19.7 Å². The van der Waals surface area contributed by atoms with Crippen LogP contribution in [0.5, 0.6) is 5.75 Å². The number of hydrogen-bond acceptors (Lipinski definition) is 5. The van der Waals surface area contributed by atoms with Gasteiger partial charge in [0.05, 0.1) is 4.92 Å². The molecule has 0 heterocycles. The van der Waals surface area contributed by atoms with E-state index in [0.29, 0.717) is 11.3 Å². The molecule has 8 nitrogen and oxygen atoms in total. The van der Waals surface area contributed by atoms with Crippen LogP contribution in [0.4, 0.5) is 5.69 Å². The third-order valence-electron chi connectivity index (χ3n) is 2.82. The van der Waals surface area contributed by atoms with Gasteiger partial charge in [-0.3, -0.25) is 30.6 Å². The molecule has 0 spiro atoms. The smallest absolute Gasteiger partial charge is 0.276 e. The molecule has 0 saturated carbocycles. The van der Waals surface area contributed by atoms with E-state index in [-0.39, 0.29) is 12.3 Å². The normalized spacial score (nSPS) is 9.88. The van der Waals surface area contributed by atoms with Crippen LogP contribution >= 0.6 is 15.9 Å². The van der Waals surface area contributed by atoms with Gasteiger partial charge >= 0.3 is 0 Å². The van der Waals surface area contributed by atoms with E-state index in [1.54, 1.807) is 24.3 Å². The highest BCUT2D eigenvalue weighted by molar-refractivity contribution is 9.10. The summed E-state index contributed by atoms with van der Waals surface area (Å²) in [6.45, 7) is -0.351. The molecule has 0 aliphatic heterocycles. The molecule has 24 heavy (non-hydrogen) atoms. The molecule has 2 rings (SSSR count). The molecule has 0 aliphatic rings. The highest BCUT2D eigenvalue weighted by atomic mass is 79.9. The van der Waals surface area contributed by atoms with Crippen LogP contribution in [0.1, 0.15) is 10.4 Å². The molecule has 2 N–H and O–H groups in total. The lowest BCUT2D eigenvalue weighted by atomic mass is 10.2. The van der Waals surface area contributed by atoms with Crippen molar-refractivity contribution in [2.75, 3.05) is 6.61 Å². The number of amides is 2. The maximum atomic E-state index is 11.8. The number of carbonyl (C=O) groups excluding carboxylic acids is 2. The quantitative estimate of drug-likeness (QED) is 0.597. The summed E-state index contributed by atoms with van der Waals surface area (Å²) in [6.07, 6.45) is 0. The van der Waals surface area contributed by atoms with Crippen LogP contribution in [0, 0.1) is 10.1 Å². The van der Waals surface area contributed by atoms with Gasteiger partial charge in [-0.25, -0.2) is 0 Å². The maximum absolute atomic E-state index is 11.8. The molecule has 0 fully saturated rings. The predicted octanol–water partition coefficient (Wildman–Crippen LogP) is 2.20. The van der Waals surface area contributed by atoms with Crippen LogP contribution in [0.2, 0.25) is 0 Å². The lowest BCUT2D eigenvalue weighted by Gasteiger charge is -2.09. The van der Waals surface area contributed by atoms with Gasteiger partial charge in [0.2, 0.25) is 0 Å². The van der Waals surface area contributed by atoms with Gasteiger partial charge < -0.3 is 4.74 Å². The third kappa shape index (κ3) is 5.06. The van der Waals surface area contributed by atoms with Crippen molar-refractivity contribution >= 4 is 33.4 Å². The molecule has 0 bridgehead atoms. The Labute approximate surface area is 145 Å². The van der Waals surface area contributed by atoms with Gasteiger partial charge in [0.25, 0.3) is 17.5 Å². The minimum Gasteiger partial charge on any atom is -0.484 e. The fraction of sp³-hybridized carbons (Fsp3) is 0.0667. The highest BCUT2D eigenvalue weighted by Crippen LogP contribution is 2.17. The summed E-state index contributed by atoms with van der Waals surface area (Å²) in [7, 11) is 0. The van der Waals surface area contributed by atoms with Gasteiger partial charge in [0, 0.05) is 22.2 Å². The minimum absolute atomic E-state index is 0.0758. The summed E-state index contributed by atoms with van der Waals surface area (Å²) in [4.78, 5) is 33.4. The lowest BCUT2D eigenvalue weighted by Crippen LogP contribution is -2.43. The number of carbonyl (C=O) groups is 2. The topological polar surface area (TPSA) is 111 Å². The van der Waals surface area contributed by atoms with Crippen molar-refractivity contribution in [2.24, 2.45) is 0 Å². The molecular weight excluding hydrogens is 382 g/mol. The van der Waals surface area contributed by atoms with Crippen LogP contribution in [0.25, 0.3) is 0 Å². The van der Waals surface area contributed by atoms with Crippen LogP contribution in [-0.4, -0.2) is 23.3 Å². The van der Waals surface area contributed by atoms with E-state index < -0.39 is 16.7 Å². The SMILES string of the molecule is O=C(COc1ccc([N+](=O)[O-])cc1)NNC(=O)c1cccc(Br)c1. The number of nitrogens with one attached hydrogen (secondary N) is 2. The first kappa shape index (κ1) is 17.4. The van der Waals surface area contributed by atoms with Crippen molar-refractivity contribution in [3.63, 3.8) is 0 Å². The van der Waals surface area contributed by atoms with Gasteiger partial charge in [0.15, 0.2) is 6.61 Å². The molecule has 0 radical (unpaired) electrons. The molecule has 0 saturated heterocycles. The summed E-state index contributed by atoms with van der Waals surface area (Å²) in [5, 5.41) is 10.5. The second-order valence-corrected chi connectivity index (χ2v) is 5.47. The molecule has 124 valence electrons. The van der Waals surface area contributed by atoms with Gasteiger partial charge in [-0.1, -0.05) is 22.0 Å². The third-order valence-corrected chi connectivity index (χ3v) is 3.31. The molecule has 2 aromatic rings. The number of hydrogen-bond donors (Lipinski definition) is 2. The molecular formula is C15H12BrN3O5. The Morgan fingerprint density at radius 1 is 1.12 bits per heavy atom. The van der Waals surface area contributed by atoms with Gasteiger partial charge in [-0.2, -0.15) is 0 Å². The average molecular weight is 394 g/mol. The van der Waals surface area contributed by atoms with Gasteiger partial charge in [-0.15, -0.1) is 0 Å².